The smallest absolute Gasteiger partial charge is 0.165 e. The van der Waals surface area contributed by atoms with E-state index in [2.05, 4.69) is 80.5 Å². The Morgan fingerprint density at radius 3 is 1.85 bits per heavy atom. The summed E-state index contributed by atoms with van der Waals surface area (Å²) >= 11 is 0. The molecule has 2 nitrogen and oxygen atoms in total. The number of Topliss-reactive ketones (excluding diaryl/α,β-unsaturated/α-hetero) is 1. The van der Waals surface area contributed by atoms with E-state index >= 15 is 0 Å². The van der Waals surface area contributed by atoms with E-state index in [4.69, 9.17) is 0 Å². The number of phenolic OH excluding ortho intramolecular Hbond substituents is 1. The number of carbonyl (C=O) groups is 1. The molecule has 0 heterocycles. The lowest BCUT2D eigenvalue weighted by Crippen LogP contribution is -2.32. The molecular formula is C25H36O2. The molecule has 27 heavy (non-hydrogen) atoms. The quantitative estimate of drug-likeness (QED) is 0.583. The number of allylic oxidation sites excluding steroid dienone is 1. The van der Waals surface area contributed by atoms with Crippen molar-refractivity contribution in [1.29, 1.82) is 0 Å². The Morgan fingerprint density at radius 2 is 1.48 bits per heavy atom. The topological polar surface area (TPSA) is 37.3 Å². The van der Waals surface area contributed by atoms with Crippen molar-refractivity contribution in [2.45, 2.75) is 86.0 Å². The van der Waals surface area contributed by atoms with Gasteiger partial charge in [-0.3, -0.25) is 4.79 Å². The predicted octanol–water partition coefficient (Wildman–Crippen LogP) is 6.40. The van der Waals surface area contributed by atoms with E-state index in [1.807, 2.05) is 0 Å². The number of benzene rings is 1. The number of ketones is 1. The molecule has 0 saturated heterocycles. The summed E-state index contributed by atoms with van der Waals surface area (Å²) in [6.45, 7) is 19.4. The highest BCUT2D eigenvalue weighted by Gasteiger charge is 2.63. The SMILES string of the molecule is CC(C)(C)c1cc(/C=C2\C(=O)C3(C)CCC2C3(C)C)cc(C(C)(C)C)c1O. The van der Waals surface area contributed by atoms with Crippen LogP contribution in [0.2, 0.25) is 0 Å². The maximum Gasteiger partial charge on any atom is 0.165 e. The minimum atomic E-state index is -0.236. The van der Waals surface area contributed by atoms with Crippen molar-refractivity contribution >= 4 is 11.9 Å². The van der Waals surface area contributed by atoms with Crippen LogP contribution >= 0.6 is 0 Å². The maximum atomic E-state index is 13.2. The van der Waals surface area contributed by atoms with Gasteiger partial charge in [-0.1, -0.05) is 62.3 Å². The fourth-order valence-electron chi connectivity index (χ4n) is 5.16. The number of phenols is 1. The first-order valence-electron chi connectivity index (χ1n) is 10.2. The zero-order chi connectivity index (χ0) is 20.6. The first kappa shape index (κ1) is 20.2. The van der Waals surface area contributed by atoms with E-state index in [-0.39, 0.29) is 21.7 Å². The molecule has 0 aliphatic heterocycles. The van der Waals surface area contributed by atoms with Crippen molar-refractivity contribution in [2.24, 2.45) is 16.7 Å². The van der Waals surface area contributed by atoms with Crippen LogP contribution in [0, 0.1) is 16.7 Å². The Balaban J connectivity index is 2.19. The average molecular weight is 369 g/mol. The van der Waals surface area contributed by atoms with Crippen LogP contribution in [0.5, 0.6) is 5.75 Å². The van der Waals surface area contributed by atoms with Gasteiger partial charge >= 0.3 is 0 Å². The van der Waals surface area contributed by atoms with Crippen molar-refractivity contribution in [3.63, 3.8) is 0 Å². The summed E-state index contributed by atoms with van der Waals surface area (Å²) in [6, 6.07) is 4.15. The molecule has 1 N–H and O–H groups in total. The van der Waals surface area contributed by atoms with Crippen LogP contribution in [0.3, 0.4) is 0 Å². The molecule has 0 spiro atoms. The van der Waals surface area contributed by atoms with Gasteiger partial charge in [0.1, 0.15) is 5.75 Å². The molecular weight excluding hydrogens is 332 g/mol. The number of rotatable bonds is 1. The van der Waals surface area contributed by atoms with Gasteiger partial charge in [0.2, 0.25) is 0 Å². The van der Waals surface area contributed by atoms with E-state index in [0.29, 0.717) is 17.5 Å². The van der Waals surface area contributed by atoms with Crippen molar-refractivity contribution < 1.29 is 9.90 Å². The van der Waals surface area contributed by atoms with Crippen LogP contribution in [0.15, 0.2) is 17.7 Å². The highest BCUT2D eigenvalue weighted by molar-refractivity contribution is 6.08. The molecule has 1 aromatic rings. The van der Waals surface area contributed by atoms with Gasteiger partial charge in [0.05, 0.1) is 0 Å². The zero-order valence-corrected chi connectivity index (χ0v) is 18.6. The van der Waals surface area contributed by atoms with Crippen molar-refractivity contribution in [1.82, 2.24) is 0 Å². The first-order chi connectivity index (χ1) is 12.1. The third-order valence-corrected chi connectivity index (χ3v) is 7.44. The van der Waals surface area contributed by atoms with E-state index in [0.717, 1.165) is 35.1 Å². The lowest BCUT2D eigenvalue weighted by atomic mass is 9.70. The van der Waals surface area contributed by atoms with Crippen LogP contribution in [-0.4, -0.2) is 10.9 Å². The normalized spacial score (nSPS) is 29.0. The Morgan fingerprint density at radius 1 is 1.00 bits per heavy atom. The van der Waals surface area contributed by atoms with Crippen LogP contribution in [-0.2, 0) is 15.6 Å². The fourth-order valence-corrected chi connectivity index (χ4v) is 5.16. The van der Waals surface area contributed by atoms with E-state index in [1.54, 1.807) is 0 Å². The molecule has 148 valence electrons. The lowest BCUT2D eigenvalue weighted by Gasteiger charge is -2.31. The third kappa shape index (κ3) is 2.87. The minimum Gasteiger partial charge on any atom is -0.507 e. The molecule has 2 heteroatoms. The Bertz CT molecular complexity index is 792. The number of carbonyl (C=O) groups excluding carboxylic acids is 1. The molecule has 2 saturated carbocycles. The summed E-state index contributed by atoms with van der Waals surface area (Å²) in [6.07, 6.45) is 4.21. The van der Waals surface area contributed by atoms with Crippen molar-refractivity contribution in [3.05, 3.63) is 34.4 Å². The highest BCUT2D eigenvalue weighted by Crippen LogP contribution is 2.65. The summed E-state index contributed by atoms with van der Waals surface area (Å²) in [4.78, 5) is 13.2. The van der Waals surface area contributed by atoms with Gasteiger partial charge in [-0.15, -0.1) is 0 Å². The highest BCUT2D eigenvalue weighted by atomic mass is 16.3. The van der Waals surface area contributed by atoms with E-state index in [9.17, 15) is 9.90 Å². The zero-order valence-electron chi connectivity index (χ0n) is 18.6. The fraction of sp³-hybridized carbons (Fsp3) is 0.640. The molecule has 2 fully saturated rings. The number of aromatic hydroxyl groups is 1. The van der Waals surface area contributed by atoms with Crippen molar-refractivity contribution in [3.8, 4) is 5.75 Å². The molecule has 2 bridgehead atoms. The lowest BCUT2D eigenvalue weighted by molar-refractivity contribution is -0.125. The largest absolute Gasteiger partial charge is 0.507 e. The van der Waals surface area contributed by atoms with Crippen LogP contribution in [0.1, 0.15) is 91.8 Å². The molecule has 0 amide bonds. The Labute approximate surface area is 165 Å². The van der Waals surface area contributed by atoms with E-state index < -0.39 is 0 Å². The van der Waals surface area contributed by atoms with Crippen LogP contribution in [0.4, 0.5) is 0 Å². The molecule has 2 atom stereocenters. The Hall–Kier alpha value is -1.57. The van der Waals surface area contributed by atoms with Gasteiger partial charge in [-0.25, -0.2) is 0 Å². The molecule has 3 rings (SSSR count). The standard InChI is InChI=1S/C25H36O2/c1-22(2,3)18-13-15(14-19(20(18)26)23(4,5)6)12-16-17-10-11-25(9,21(16)27)24(17,7)8/h12-14,17,26H,10-11H2,1-9H3/b16-12-. The van der Waals surface area contributed by atoms with Gasteiger partial charge < -0.3 is 5.11 Å². The van der Waals surface area contributed by atoms with Crippen LogP contribution in [0.25, 0.3) is 6.08 Å². The first-order valence-corrected chi connectivity index (χ1v) is 10.2. The molecule has 2 aliphatic carbocycles. The maximum absolute atomic E-state index is 13.2. The van der Waals surface area contributed by atoms with Gasteiger partial charge in [-0.2, -0.15) is 0 Å². The van der Waals surface area contributed by atoms with E-state index in [1.165, 1.54) is 0 Å². The molecule has 1 aromatic carbocycles. The summed E-state index contributed by atoms with van der Waals surface area (Å²) in [5.41, 5.74) is 3.38. The predicted molar refractivity (Wildman–Crippen MR) is 113 cm³/mol. The summed E-state index contributed by atoms with van der Waals surface area (Å²) in [5.74, 6) is 1.05. The van der Waals surface area contributed by atoms with Gasteiger partial charge in [0.15, 0.2) is 5.78 Å². The van der Waals surface area contributed by atoms with Gasteiger partial charge in [-0.05, 0) is 64.3 Å². The summed E-state index contributed by atoms with van der Waals surface area (Å²) < 4.78 is 0. The van der Waals surface area contributed by atoms with Crippen LogP contribution < -0.4 is 0 Å². The summed E-state index contributed by atoms with van der Waals surface area (Å²) in [5, 5.41) is 10.9. The molecule has 0 radical (unpaired) electrons. The monoisotopic (exact) mass is 368 g/mol. The van der Waals surface area contributed by atoms with Gasteiger partial charge in [0, 0.05) is 16.5 Å². The molecule has 2 aliphatic rings. The third-order valence-electron chi connectivity index (χ3n) is 7.44. The molecule has 0 aromatic heterocycles. The van der Waals surface area contributed by atoms with Crippen molar-refractivity contribution in [2.75, 3.05) is 0 Å². The number of hydrogen-bond acceptors (Lipinski definition) is 2. The molecule has 2 unspecified atom stereocenters. The number of fused-ring (bicyclic) bond motifs is 2. The second kappa shape index (κ2) is 5.72. The van der Waals surface area contributed by atoms with Gasteiger partial charge in [0.25, 0.3) is 0 Å². The second-order valence-corrected chi connectivity index (χ2v) is 11.5. The summed E-state index contributed by atoms with van der Waals surface area (Å²) in [7, 11) is 0. The average Bonchev–Trinajstić information content (AvgIpc) is 2.80. The minimum absolute atomic E-state index is 0.0204. The second-order valence-electron chi connectivity index (χ2n) is 11.5. The Kier molecular flexibility index (Phi) is 4.27. The number of hydrogen-bond donors (Lipinski definition) is 1.